The van der Waals surface area contributed by atoms with Crippen LogP contribution in [0.3, 0.4) is 0 Å². The molecule has 1 saturated heterocycles. The summed E-state index contributed by atoms with van der Waals surface area (Å²) in [5.74, 6) is 1.62. The first-order valence-corrected chi connectivity index (χ1v) is 10.2. The monoisotopic (exact) mass is 394 g/mol. The molecule has 1 N–H and O–H groups in total. The molecule has 0 radical (unpaired) electrons. The highest BCUT2D eigenvalue weighted by atomic mass is 16.5. The topological polar surface area (TPSA) is 76.7 Å². The number of fused-ring (bicyclic) bond motifs is 1. The van der Waals surface area contributed by atoms with Gasteiger partial charge in [-0.15, -0.1) is 0 Å². The van der Waals surface area contributed by atoms with Crippen LogP contribution in [0.5, 0.6) is 5.75 Å². The standard InChI is InChI=1S/C21H26N6O2/c1-25-8-6-17(7-9-25)29-18-13-22-26(2)20(18)15-5-10-27-16(11-15)12-19(24-27)23-21(28)14-3-4-14/h5,10-14,17H,3-4,6-9H2,1-2H3,(H,23,24,28). The zero-order valence-electron chi connectivity index (χ0n) is 16.8. The van der Waals surface area contributed by atoms with Crippen molar-refractivity contribution in [1.82, 2.24) is 24.3 Å². The van der Waals surface area contributed by atoms with E-state index in [2.05, 4.69) is 33.5 Å². The molecule has 0 spiro atoms. The molecule has 1 amide bonds. The Kier molecular flexibility index (Phi) is 4.50. The van der Waals surface area contributed by atoms with E-state index >= 15 is 0 Å². The molecular formula is C21H26N6O2. The molecule has 0 unspecified atom stereocenters. The summed E-state index contributed by atoms with van der Waals surface area (Å²) in [6, 6.07) is 5.96. The summed E-state index contributed by atoms with van der Waals surface area (Å²) in [7, 11) is 4.08. The van der Waals surface area contributed by atoms with Crippen LogP contribution in [0.25, 0.3) is 16.8 Å². The van der Waals surface area contributed by atoms with Crippen LogP contribution < -0.4 is 10.1 Å². The highest BCUT2D eigenvalue weighted by molar-refractivity contribution is 5.93. The van der Waals surface area contributed by atoms with Crippen molar-refractivity contribution < 1.29 is 9.53 Å². The van der Waals surface area contributed by atoms with Gasteiger partial charge in [-0.25, -0.2) is 4.52 Å². The first-order valence-electron chi connectivity index (χ1n) is 10.2. The van der Waals surface area contributed by atoms with Crippen LogP contribution in [0, 0.1) is 5.92 Å². The predicted octanol–water partition coefficient (Wildman–Crippen LogP) is 2.56. The molecule has 0 aromatic carbocycles. The van der Waals surface area contributed by atoms with Crippen LogP contribution in [0.15, 0.2) is 30.6 Å². The maximum atomic E-state index is 12.0. The van der Waals surface area contributed by atoms with Gasteiger partial charge in [-0.3, -0.25) is 9.48 Å². The number of ether oxygens (including phenoxy) is 1. The van der Waals surface area contributed by atoms with Crippen molar-refractivity contribution in [3.63, 3.8) is 0 Å². The fourth-order valence-corrected chi connectivity index (χ4v) is 3.89. The molecule has 0 atom stereocenters. The zero-order valence-corrected chi connectivity index (χ0v) is 16.8. The third kappa shape index (κ3) is 3.72. The van der Waals surface area contributed by atoms with Gasteiger partial charge >= 0.3 is 0 Å². The van der Waals surface area contributed by atoms with Gasteiger partial charge < -0.3 is 15.0 Å². The molecule has 152 valence electrons. The van der Waals surface area contributed by atoms with Gasteiger partial charge in [0.05, 0.1) is 11.7 Å². The van der Waals surface area contributed by atoms with Gasteiger partial charge in [0.2, 0.25) is 5.91 Å². The van der Waals surface area contributed by atoms with E-state index in [4.69, 9.17) is 4.74 Å². The van der Waals surface area contributed by atoms with E-state index in [0.29, 0.717) is 5.82 Å². The third-order valence-corrected chi connectivity index (χ3v) is 5.80. The number of likely N-dealkylation sites (tertiary alicyclic amines) is 1. The number of aryl methyl sites for hydroxylation is 1. The molecule has 1 aliphatic heterocycles. The third-order valence-electron chi connectivity index (χ3n) is 5.80. The van der Waals surface area contributed by atoms with Crippen molar-refractivity contribution in [2.75, 3.05) is 25.5 Å². The largest absolute Gasteiger partial charge is 0.486 e. The van der Waals surface area contributed by atoms with Crippen molar-refractivity contribution in [2.24, 2.45) is 13.0 Å². The van der Waals surface area contributed by atoms with Crippen LogP contribution in [0.4, 0.5) is 5.82 Å². The Hall–Kier alpha value is -2.87. The van der Waals surface area contributed by atoms with E-state index < -0.39 is 0 Å². The quantitative estimate of drug-likeness (QED) is 0.720. The van der Waals surface area contributed by atoms with Crippen molar-refractivity contribution in [2.45, 2.75) is 31.8 Å². The van der Waals surface area contributed by atoms with Crippen LogP contribution >= 0.6 is 0 Å². The summed E-state index contributed by atoms with van der Waals surface area (Å²) >= 11 is 0. The molecule has 4 heterocycles. The van der Waals surface area contributed by atoms with Gasteiger partial charge in [-0.05, 0) is 44.9 Å². The second-order valence-corrected chi connectivity index (χ2v) is 8.18. The second kappa shape index (κ2) is 7.18. The van der Waals surface area contributed by atoms with Crippen molar-refractivity contribution in [1.29, 1.82) is 0 Å². The summed E-state index contributed by atoms with van der Waals surface area (Å²) in [5, 5.41) is 11.8. The molecule has 3 aromatic heterocycles. The number of piperidine rings is 1. The van der Waals surface area contributed by atoms with Crippen LogP contribution in [-0.4, -0.2) is 56.4 Å². The number of hydrogen-bond acceptors (Lipinski definition) is 5. The summed E-state index contributed by atoms with van der Waals surface area (Å²) in [6.45, 7) is 2.11. The first-order chi connectivity index (χ1) is 14.1. The minimum atomic E-state index is 0.0640. The van der Waals surface area contributed by atoms with Gasteiger partial charge in [-0.2, -0.15) is 10.2 Å². The molecule has 8 heteroatoms. The highest BCUT2D eigenvalue weighted by Gasteiger charge is 2.30. The SMILES string of the molecule is CN1CCC(Oc2cnn(C)c2-c2ccn3nc(NC(=O)C4CC4)cc3c2)CC1. The number of nitrogens with zero attached hydrogens (tertiary/aromatic N) is 5. The molecule has 2 aliphatic rings. The Bertz CT molecular complexity index is 1040. The number of anilines is 1. The molecule has 29 heavy (non-hydrogen) atoms. The predicted molar refractivity (Wildman–Crippen MR) is 110 cm³/mol. The summed E-state index contributed by atoms with van der Waals surface area (Å²) in [4.78, 5) is 14.3. The van der Waals surface area contributed by atoms with E-state index in [1.54, 1.807) is 10.7 Å². The van der Waals surface area contributed by atoms with E-state index in [0.717, 1.165) is 61.3 Å². The van der Waals surface area contributed by atoms with Gasteiger partial charge in [0.1, 0.15) is 11.8 Å². The average molecular weight is 394 g/mol. The Morgan fingerprint density at radius 2 is 1.97 bits per heavy atom. The maximum Gasteiger partial charge on any atom is 0.228 e. The van der Waals surface area contributed by atoms with Gasteiger partial charge in [0.15, 0.2) is 11.6 Å². The first kappa shape index (κ1) is 18.2. The van der Waals surface area contributed by atoms with Gasteiger partial charge in [-0.1, -0.05) is 0 Å². The minimum Gasteiger partial charge on any atom is -0.486 e. The Balaban J connectivity index is 1.40. The highest BCUT2D eigenvalue weighted by Crippen LogP contribution is 2.33. The smallest absolute Gasteiger partial charge is 0.228 e. The van der Waals surface area contributed by atoms with Crippen molar-refractivity contribution in [3.8, 4) is 17.0 Å². The summed E-state index contributed by atoms with van der Waals surface area (Å²) in [6.07, 6.45) is 7.93. The normalized spacial score (nSPS) is 18.3. The Labute approximate surface area is 169 Å². The lowest BCUT2D eigenvalue weighted by Gasteiger charge is -2.29. The number of nitrogens with one attached hydrogen (secondary N) is 1. The molecule has 2 fully saturated rings. The molecular weight excluding hydrogens is 368 g/mol. The Morgan fingerprint density at radius 1 is 1.17 bits per heavy atom. The van der Waals surface area contributed by atoms with E-state index in [1.165, 1.54) is 0 Å². The maximum absolute atomic E-state index is 12.0. The molecule has 0 bridgehead atoms. The number of pyridine rings is 1. The fourth-order valence-electron chi connectivity index (χ4n) is 3.89. The fraction of sp³-hybridized carbons (Fsp3) is 0.476. The van der Waals surface area contributed by atoms with E-state index in [9.17, 15) is 4.79 Å². The van der Waals surface area contributed by atoms with Gasteiger partial charge in [0.25, 0.3) is 0 Å². The number of carbonyl (C=O) groups is 1. The van der Waals surface area contributed by atoms with E-state index in [-0.39, 0.29) is 17.9 Å². The molecule has 3 aromatic rings. The molecule has 1 saturated carbocycles. The number of carbonyl (C=O) groups excluding carboxylic acids is 1. The number of aromatic nitrogens is 4. The van der Waals surface area contributed by atoms with Crippen molar-refractivity contribution >= 4 is 17.2 Å². The van der Waals surface area contributed by atoms with Crippen LogP contribution in [0.2, 0.25) is 0 Å². The molecule has 5 rings (SSSR count). The van der Waals surface area contributed by atoms with Crippen LogP contribution in [-0.2, 0) is 11.8 Å². The summed E-state index contributed by atoms with van der Waals surface area (Å²) < 4.78 is 9.95. The number of rotatable bonds is 5. The zero-order chi connectivity index (χ0) is 20.0. The lowest BCUT2D eigenvalue weighted by molar-refractivity contribution is -0.117. The van der Waals surface area contributed by atoms with Crippen LogP contribution in [0.1, 0.15) is 25.7 Å². The van der Waals surface area contributed by atoms with E-state index in [1.807, 2.05) is 30.1 Å². The van der Waals surface area contributed by atoms with Gasteiger partial charge in [0, 0.05) is 43.9 Å². The second-order valence-electron chi connectivity index (χ2n) is 8.18. The molecule has 8 nitrogen and oxygen atoms in total. The number of amides is 1. The molecule has 1 aliphatic carbocycles. The number of hydrogen-bond donors (Lipinski definition) is 1. The summed E-state index contributed by atoms with van der Waals surface area (Å²) in [5.41, 5.74) is 2.89. The lowest BCUT2D eigenvalue weighted by Crippen LogP contribution is -2.35. The van der Waals surface area contributed by atoms with Crippen molar-refractivity contribution in [3.05, 3.63) is 30.6 Å². The Morgan fingerprint density at radius 3 is 2.72 bits per heavy atom. The lowest BCUT2D eigenvalue weighted by atomic mass is 10.1. The average Bonchev–Trinajstić information content (AvgIpc) is 3.39. The minimum absolute atomic E-state index is 0.0640.